The molecule has 1 unspecified atom stereocenters. The molecule has 0 radical (unpaired) electrons. The molecule has 0 spiro atoms. The molecule has 21 heavy (non-hydrogen) atoms. The average molecular weight is 302 g/mol. The van der Waals surface area contributed by atoms with E-state index in [0.717, 1.165) is 25.9 Å². The van der Waals surface area contributed by atoms with E-state index in [1.807, 2.05) is 4.90 Å². The summed E-state index contributed by atoms with van der Waals surface area (Å²) in [5, 5.41) is 6.60. The van der Waals surface area contributed by atoms with E-state index in [0.29, 0.717) is 12.5 Å². The van der Waals surface area contributed by atoms with E-state index in [9.17, 15) is 4.79 Å². The summed E-state index contributed by atoms with van der Waals surface area (Å²) >= 11 is 1.78. The van der Waals surface area contributed by atoms with E-state index in [1.54, 1.807) is 11.3 Å². The smallest absolute Gasteiger partial charge is 0.317 e. The van der Waals surface area contributed by atoms with Crippen LogP contribution in [0.3, 0.4) is 0 Å². The lowest BCUT2D eigenvalue weighted by molar-refractivity contribution is 0.170. The Hall–Kier alpha value is -1.55. The van der Waals surface area contributed by atoms with Gasteiger partial charge in [0.2, 0.25) is 0 Å². The number of amides is 2. The number of nitrogens with zero attached hydrogens (tertiary/aromatic N) is 1. The predicted molar refractivity (Wildman–Crippen MR) is 88.9 cm³/mol. The Morgan fingerprint density at radius 1 is 1.43 bits per heavy atom. The summed E-state index contributed by atoms with van der Waals surface area (Å²) in [6, 6.07) is 8.56. The SMILES string of the molecule is CC1CCCN(C(=O)NCCc2csc3ccccc23)C1. The zero-order valence-corrected chi connectivity index (χ0v) is 13.3. The van der Waals surface area contributed by atoms with Crippen molar-refractivity contribution in [2.45, 2.75) is 26.2 Å². The number of fused-ring (bicyclic) bond motifs is 1. The van der Waals surface area contributed by atoms with Crippen LogP contribution in [0.25, 0.3) is 10.1 Å². The number of benzene rings is 1. The second-order valence-electron chi connectivity index (χ2n) is 5.93. The fraction of sp³-hybridized carbons (Fsp3) is 0.471. The van der Waals surface area contributed by atoms with Crippen LogP contribution in [0, 0.1) is 5.92 Å². The van der Waals surface area contributed by atoms with Crippen LogP contribution in [-0.2, 0) is 6.42 Å². The molecule has 1 fully saturated rings. The van der Waals surface area contributed by atoms with Crippen molar-refractivity contribution in [2.24, 2.45) is 5.92 Å². The Labute approximate surface area is 130 Å². The van der Waals surface area contributed by atoms with Crippen molar-refractivity contribution in [3.8, 4) is 0 Å². The van der Waals surface area contributed by atoms with Gasteiger partial charge in [0.15, 0.2) is 0 Å². The number of carbonyl (C=O) groups excluding carboxylic acids is 1. The first kappa shape index (κ1) is 14.4. The van der Waals surface area contributed by atoms with Gasteiger partial charge in [-0.3, -0.25) is 0 Å². The topological polar surface area (TPSA) is 32.3 Å². The molecule has 3 nitrogen and oxygen atoms in total. The van der Waals surface area contributed by atoms with Gasteiger partial charge in [0.25, 0.3) is 0 Å². The van der Waals surface area contributed by atoms with Gasteiger partial charge in [0, 0.05) is 24.3 Å². The minimum atomic E-state index is 0.0982. The fourth-order valence-corrected chi connectivity index (χ4v) is 4.01. The van der Waals surface area contributed by atoms with E-state index in [2.05, 4.69) is 41.9 Å². The van der Waals surface area contributed by atoms with E-state index < -0.39 is 0 Å². The van der Waals surface area contributed by atoms with Gasteiger partial charge in [-0.1, -0.05) is 25.1 Å². The standard InChI is InChI=1S/C17H22N2OS/c1-13-5-4-10-19(11-13)17(20)18-9-8-14-12-21-16-7-3-2-6-15(14)16/h2-3,6-7,12-13H,4-5,8-11H2,1H3,(H,18,20). The van der Waals surface area contributed by atoms with Crippen LogP contribution in [0.5, 0.6) is 0 Å². The third-order valence-corrected chi connectivity index (χ3v) is 5.19. The van der Waals surface area contributed by atoms with Crippen LogP contribution in [0.15, 0.2) is 29.6 Å². The minimum absolute atomic E-state index is 0.0982. The first-order valence-corrected chi connectivity index (χ1v) is 8.60. The first-order chi connectivity index (χ1) is 10.2. The van der Waals surface area contributed by atoms with Crippen molar-refractivity contribution in [3.05, 3.63) is 35.2 Å². The summed E-state index contributed by atoms with van der Waals surface area (Å²) in [6.07, 6.45) is 3.27. The maximum absolute atomic E-state index is 12.2. The summed E-state index contributed by atoms with van der Waals surface area (Å²) in [4.78, 5) is 14.1. The molecule has 3 rings (SSSR count). The highest BCUT2D eigenvalue weighted by molar-refractivity contribution is 7.17. The van der Waals surface area contributed by atoms with E-state index in [4.69, 9.17) is 0 Å². The lowest BCUT2D eigenvalue weighted by Gasteiger charge is -2.30. The molecule has 0 bridgehead atoms. The summed E-state index contributed by atoms with van der Waals surface area (Å²) in [5.41, 5.74) is 1.34. The van der Waals surface area contributed by atoms with Crippen molar-refractivity contribution < 1.29 is 4.79 Å². The van der Waals surface area contributed by atoms with Crippen LogP contribution < -0.4 is 5.32 Å². The van der Waals surface area contributed by atoms with Crippen LogP contribution in [0.2, 0.25) is 0 Å². The maximum Gasteiger partial charge on any atom is 0.317 e. The molecule has 0 aliphatic carbocycles. The van der Waals surface area contributed by atoms with Crippen molar-refractivity contribution >= 4 is 27.5 Å². The summed E-state index contributed by atoms with van der Waals surface area (Å²) in [5.74, 6) is 0.630. The number of thiophene rings is 1. The first-order valence-electron chi connectivity index (χ1n) is 7.72. The normalized spacial score (nSPS) is 18.9. The molecule has 2 amide bonds. The Balaban J connectivity index is 1.52. The number of hydrogen-bond acceptors (Lipinski definition) is 2. The Kier molecular flexibility index (Phi) is 4.44. The molecule has 4 heteroatoms. The Bertz CT molecular complexity index is 622. The van der Waals surface area contributed by atoms with Gasteiger partial charge >= 0.3 is 6.03 Å². The van der Waals surface area contributed by atoms with Crippen LogP contribution in [0.4, 0.5) is 4.79 Å². The molecule has 2 aromatic rings. The van der Waals surface area contributed by atoms with Gasteiger partial charge in [-0.25, -0.2) is 4.79 Å². The summed E-state index contributed by atoms with van der Waals surface area (Å²) in [7, 11) is 0. The number of nitrogens with one attached hydrogen (secondary N) is 1. The maximum atomic E-state index is 12.2. The molecule has 1 aliphatic rings. The molecular weight excluding hydrogens is 280 g/mol. The van der Waals surface area contributed by atoms with Gasteiger partial charge in [0.05, 0.1) is 0 Å². The highest BCUT2D eigenvalue weighted by Gasteiger charge is 2.20. The number of likely N-dealkylation sites (tertiary alicyclic amines) is 1. The zero-order chi connectivity index (χ0) is 14.7. The van der Waals surface area contributed by atoms with Gasteiger partial charge in [-0.2, -0.15) is 0 Å². The molecule has 2 heterocycles. The highest BCUT2D eigenvalue weighted by atomic mass is 32.1. The van der Waals surface area contributed by atoms with E-state index in [-0.39, 0.29) is 6.03 Å². The van der Waals surface area contributed by atoms with Crippen LogP contribution >= 0.6 is 11.3 Å². The van der Waals surface area contributed by atoms with Crippen molar-refractivity contribution in [2.75, 3.05) is 19.6 Å². The van der Waals surface area contributed by atoms with Gasteiger partial charge in [-0.15, -0.1) is 11.3 Å². The molecule has 1 aliphatic heterocycles. The number of hydrogen-bond donors (Lipinski definition) is 1. The lowest BCUT2D eigenvalue weighted by atomic mass is 10.0. The second-order valence-corrected chi connectivity index (χ2v) is 6.84. The van der Waals surface area contributed by atoms with Gasteiger partial charge in [-0.05, 0) is 47.6 Å². The van der Waals surface area contributed by atoms with Crippen molar-refractivity contribution in [3.63, 3.8) is 0 Å². The Morgan fingerprint density at radius 2 is 2.29 bits per heavy atom. The van der Waals surface area contributed by atoms with Crippen LogP contribution in [0.1, 0.15) is 25.3 Å². The summed E-state index contributed by atoms with van der Waals surface area (Å²) in [6.45, 7) is 4.73. The molecular formula is C17H22N2OS. The monoisotopic (exact) mass is 302 g/mol. The molecule has 1 atom stereocenters. The quantitative estimate of drug-likeness (QED) is 0.916. The van der Waals surface area contributed by atoms with Gasteiger partial charge in [0.1, 0.15) is 0 Å². The average Bonchev–Trinajstić information content (AvgIpc) is 2.91. The van der Waals surface area contributed by atoms with Crippen molar-refractivity contribution in [1.82, 2.24) is 10.2 Å². The predicted octanol–water partition coefficient (Wildman–Crippen LogP) is 3.89. The Morgan fingerprint density at radius 3 is 3.14 bits per heavy atom. The number of piperidine rings is 1. The third-order valence-electron chi connectivity index (χ3n) is 4.18. The summed E-state index contributed by atoms with van der Waals surface area (Å²) < 4.78 is 1.32. The fourth-order valence-electron chi connectivity index (χ4n) is 3.02. The van der Waals surface area contributed by atoms with E-state index >= 15 is 0 Å². The van der Waals surface area contributed by atoms with Gasteiger partial charge < -0.3 is 10.2 Å². The minimum Gasteiger partial charge on any atom is -0.338 e. The molecule has 1 saturated heterocycles. The second kappa shape index (κ2) is 6.48. The molecule has 1 aromatic heterocycles. The number of urea groups is 1. The number of rotatable bonds is 3. The molecule has 0 saturated carbocycles. The molecule has 1 N–H and O–H groups in total. The zero-order valence-electron chi connectivity index (χ0n) is 12.5. The van der Waals surface area contributed by atoms with Crippen molar-refractivity contribution in [1.29, 1.82) is 0 Å². The van der Waals surface area contributed by atoms with Crippen LogP contribution in [-0.4, -0.2) is 30.6 Å². The molecule has 1 aromatic carbocycles. The third kappa shape index (κ3) is 3.38. The lowest BCUT2D eigenvalue weighted by Crippen LogP contribution is -2.45. The largest absolute Gasteiger partial charge is 0.338 e. The highest BCUT2D eigenvalue weighted by Crippen LogP contribution is 2.25. The van der Waals surface area contributed by atoms with E-state index in [1.165, 1.54) is 22.1 Å². The number of carbonyl (C=O) groups is 1. The molecule has 112 valence electrons.